The molecular formula is C17H15N7S2. The van der Waals surface area contributed by atoms with E-state index in [2.05, 4.69) is 46.7 Å². The van der Waals surface area contributed by atoms with Gasteiger partial charge in [-0.05, 0) is 6.26 Å². The zero-order valence-corrected chi connectivity index (χ0v) is 15.7. The zero-order chi connectivity index (χ0) is 17.5. The summed E-state index contributed by atoms with van der Waals surface area (Å²) in [4.78, 5) is 15.6. The van der Waals surface area contributed by atoms with Crippen LogP contribution in [0, 0.1) is 0 Å². The van der Waals surface area contributed by atoms with Crippen molar-refractivity contribution in [1.29, 1.82) is 0 Å². The van der Waals surface area contributed by atoms with Crippen LogP contribution >= 0.6 is 23.1 Å². The number of fused-ring (bicyclic) bond motifs is 2. The fraction of sp³-hybridized carbons (Fsp3) is 0.235. The lowest BCUT2D eigenvalue weighted by Crippen LogP contribution is -2.34. The number of hydrogen-bond acceptors (Lipinski definition) is 8. The summed E-state index contributed by atoms with van der Waals surface area (Å²) < 4.78 is 4.24. The third-order valence-electron chi connectivity index (χ3n) is 4.41. The van der Waals surface area contributed by atoms with E-state index in [-0.39, 0.29) is 0 Å². The predicted octanol–water partition coefficient (Wildman–Crippen LogP) is 3.09. The van der Waals surface area contributed by atoms with Crippen LogP contribution in [0.2, 0.25) is 0 Å². The van der Waals surface area contributed by atoms with Gasteiger partial charge in [0.05, 0.1) is 6.54 Å². The molecule has 0 unspecified atom stereocenters. The first-order chi connectivity index (χ1) is 12.8. The van der Waals surface area contributed by atoms with Crippen molar-refractivity contribution in [3.63, 3.8) is 0 Å². The predicted molar refractivity (Wildman–Crippen MR) is 103 cm³/mol. The van der Waals surface area contributed by atoms with Gasteiger partial charge in [0.1, 0.15) is 11.0 Å². The Morgan fingerprint density at radius 3 is 2.81 bits per heavy atom. The first-order valence-electron chi connectivity index (χ1n) is 8.21. The van der Waals surface area contributed by atoms with Gasteiger partial charge in [0, 0.05) is 18.7 Å². The molecule has 0 saturated carbocycles. The van der Waals surface area contributed by atoms with Gasteiger partial charge in [-0.3, -0.25) is 0 Å². The Kier molecular flexibility index (Phi) is 3.83. The van der Waals surface area contributed by atoms with Gasteiger partial charge in [-0.15, -0.1) is 21.5 Å². The highest BCUT2D eigenvalue weighted by atomic mass is 32.2. The van der Waals surface area contributed by atoms with Crippen molar-refractivity contribution in [2.75, 3.05) is 17.7 Å². The van der Waals surface area contributed by atoms with E-state index in [1.54, 1.807) is 29.4 Å². The first-order valence-corrected chi connectivity index (χ1v) is 10.3. The SMILES string of the molecule is CSc1nc2ncnc(N3CCn4c(nnc4-c4ccccc4)C3)c2s1. The lowest BCUT2D eigenvalue weighted by Gasteiger charge is -2.28. The van der Waals surface area contributed by atoms with Crippen LogP contribution in [-0.2, 0) is 13.1 Å². The number of nitrogens with zero attached hydrogens (tertiary/aromatic N) is 7. The number of hydrogen-bond donors (Lipinski definition) is 0. The minimum absolute atomic E-state index is 0.679. The molecule has 0 saturated heterocycles. The van der Waals surface area contributed by atoms with Gasteiger partial charge in [-0.2, -0.15) is 0 Å². The molecule has 7 nitrogen and oxygen atoms in total. The van der Waals surface area contributed by atoms with E-state index in [1.807, 2.05) is 24.5 Å². The Morgan fingerprint density at radius 1 is 1.08 bits per heavy atom. The number of anilines is 1. The standard InChI is InChI=1S/C17H15N7S2/c1-25-17-20-14-13(26-17)16(19-10-18-14)23-7-8-24-12(9-23)21-22-15(24)11-5-3-2-4-6-11/h2-6,10H,7-9H2,1H3. The molecule has 1 aliphatic rings. The van der Waals surface area contributed by atoms with E-state index in [9.17, 15) is 0 Å². The Bertz CT molecular complexity index is 1070. The maximum absolute atomic E-state index is 4.55. The second-order valence-corrected chi connectivity index (χ2v) is 7.97. The van der Waals surface area contributed by atoms with Crippen molar-refractivity contribution >= 4 is 39.3 Å². The van der Waals surface area contributed by atoms with Crippen LogP contribution in [0.15, 0.2) is 41.0 Å². The van der Waals surface area contributed by atoms with Crippen molar-refractivity contribution in [2.45, 2.75) is 17.4 Å². The molecule has 0 amide bonds. The van der Waals surface area contributed by atoms with Gasteiger partial charge < -0.3 is 9.47 Å². The van der Waals surface area contributed by atoms with Gasteiger partial charge in [0.2, 0.25) is 0 Å². The summed E-state index contributed by atoms with van der Waals surface area (Å²) in [7, 11) is 0. The van der Waals surface area contributed by atoms with Crippen molar-refractivity contribution < 1.29 is 0 Å². The third kappa shape index (κ3) is 2.55. The minimum atomic E-state index is 0.679. The summed E-state index contributed by atoms with van der Waals surface area (Å²) in [5.74, 6) is 2.82. The molecule has 0 aliphatic carbocycles. The van der Waals surface area contributed by atoms with Crippen molar-refractivity contribution in [2.24, 2.45) is 0 Å². The van der Waals surface area contributed by atoms with Crippen molar-refractivity contribution in [1.82, 2.24) is 29.7 Å². The molecule has 0 radical (unpaired) electrons. The molecule has 1 aromatic carbocycles. The average molecular weight is 381 g/mol. The van der Waals surface area contributed by atoms with Gasteiger partial charge in [-0.25, -0.2) is 15.0 Å². The molecule has 3 aromatic heterocycles. The monoisotopic (exact) mass is 381 g/mol. The second-order valence-electron chi connectivity index (χ2n) is 5.91. The zero-order valence-electron chi connectivity index (χ0n) is 14.0. The minimum Gasteiger partial charge on any atom is -0.346 e. The first kappa shape index (κ1) is 15.7. The van der Waals surface area contributed by atoms with Crippen LogP contribution in [-0.4, -0.2) is 42.5 Å². The second kappa shape index (κ2) is 6.33. The molecule has 4 heterocycles. The number of rotatable bonds is 3. The number of benzene rings is 1. The maximum Gasteiger partial charge on any atom is 0.176 e. The van der Waals surface area contributed by atoms with Crippen LogP contribution in [0.4, 0.5) is 5.82 Å². The fourth-order valence-electron chi connectivity index (χ4n) is 3.17. The van der Waals surface area contributed by atoms with Crippen LogP contribution in [0.3, 0.4) is 0 Å². The topological polar surface area (TPSA) is 72.6 Å². The van der Waals surface area contributed by atoms with E-state index in [4.69, 9.17) is 0 Å². The maximum atomic E-state index is 4.55. The molecule has 9 heteroatoms. The lowest BCUT2D eigenvalue weighted by atomic mass is 10.2. The molecule has 0 fully saturated rings. The summed E-state index contributed by atoms with van der Waals surface area (Å²) in [6.45, 7) is 2.36. The van der Waals surface area contributed by atoms with E-state index in [0.717, 1.165) is 50.8 Å². The number of thioether (sulfide) groups is 1. The van der Waals surface area contributed by atoms with Crippen molar-refractivity contribution in [3.05, 3.63) is 42.5 Å². The summed E-state index contributed by atoms with van der Waals surface area (Å²) in [6.07, 6.45) is 3.62. The molecule has 130 valence electrons. The Labute approximate surface area is 158 Å². The Balaban J connectivity index is 1.50. The van der Waals surface area contributed by atoms with Gasteiger partial charge in [0.25, 0.3) is 0 Å². The van der Waals surface area contributed by atoms with Crippen LogP contribution in [0.25, 0.3) is 21.7 Å². The van der Waals surface area contributed by atoms with Crippen LogP contribution in [0.1, 0.15) is 5.82 Å². The normalized spacial score (nSPS) is 14.0. The molecule has 4 aromatic rings. The molecule has 0 spiro atoms. The lowest BCUT2D eigenvalue weighted by molar-refractivity contribution is 0.561. The molecule has 1 aliphatic heterocycles. The molecule has 26 heavy (non-hydrogen) atoms. The quantitative estimate of drug-likeness (QED) is 0.505. The van der Waals surface area contributed by atoms with Gasteiger partial charge in [-0.1, -0.05) is 42.1 Å². The highest BCUT2D eigenvalue weighted by Crippen LogP contribution is 2.34. The highest BCUT2D eigenvalue weighted by Gasteiger charge is 2.25. The summed E-state index contributed by atoms with van der Waals surface area (Å²) in [5, 5.41) is 8.84. The third-order valence-corrected chi connectivity index (χ3v) is 6.44. The molecule has 0 N–H and O–H groups in total. The van der Waals surface area contributed by atoms with Crippen LogP contribution in [0.5, 0.6) is 0 Å². The smallest absolute Gasteiger partial charge is 0.176 e. The number of aromatic nitrogens is 6. The van der Waals surface area contributed by atoms with E-state index >= 15 is 0 Å². The summed E-state index contributed by atoms with van der Waals surface area (Å²) in [6, 6.07) is 10.2. The average Bonchev–Trinajstić information content (AvgIpc) is 3.31. The van der Waals surface area contributed by atoms with E-state index < -0.39 is 0 Å². The molecule has 0 bridgehead atoms. The summed E-state index contributed by atoms with van der Waals surface area (Å²) >= 11 is 3.28. The van der Waals surface area contributed by atoms with Gasteiger partial charge >= 0.3 is 0 Å². The Morgan fingerprint density at radius 2 is 1.96 bits per heavy atom. The molecule has 5 rings (SSSR count). The van der Waals surface area contributed by atoms with Gasteiger partial charge in [0.15, 0.2) is 27.5 Å². The van der Waals surface area contributed by atoms with E-state index in [1.165, 1.54) is 0 Å². The Hall–Kier alpha value is -2.52. The number of thiazole rings is 1. The van der Waals surface area contributed by atoms with Crippen LogP contribution < -0.4 is 4.90 Å². The largest absolute Gasteiger partial charge is 0.346 e. The van der Waals surface area contributed by atoms with Crippen molar-refractivity contribution in [3.8, 4) is 11.4 Å². The fourth-order valence-corrected chi connectivity index (χ4v) is 4.71. The summed E-state index contributed by atoms with van der Waals surface area (Å²) in [5.41, 5.74) is 1.86. The van der Waals surface area contributed by atoms with E-state index in [0.29, 0.717) is 6.54 Å². The highest BCUT2D eigenvalue weighted by molar-refractivity contribution is 8.00. The molecular weight excluding hydrogens is 366 g/mol. The molecule has 0 atom stereocenters.